The van der Waals surface area contributed by atoms with E-state index < -0.39 is 11.9 Å². The standard InChI is InChI=1S/C18H29F3N6O.HI/c1-3-22-15(26-13-17(6-4-7-17)8-12-28-2)24-10-11-25-16-23-9-5-14(27-16)18(19,20)21;/h5,9H,3-4,6-8,10-13H2,1-2H3,(H2,22,24,26)(H,23,25,27);1H. The highest BCUT2D eigenvalue weighted by Gasteiger charge is 2.36. The van der Waals surface area contributed by atoms with Crippen LogP contribution in [0.5, 0.6) is 0 Å². The van der Waals surface area contributed by atoms with Crippen molar-refractivity contribution in [3.63, 3.8) is 0 Å². The number of nitrogens with zero attached hydrogens (tertiary/aromatic N) is 3. The van der Waals surface area contributed by atoms with Crippen LogP contribution in [0.2, 0.25) is 0 Å². The first-order chi connectivity index (χ1) is 13.4. The Bertz CT molecular complexity index is 640. The summed E-state index contributed by atoms with van der Waals surface area (Å²) in [4.78, 5) is 12.0. The van der Waals surface area contributed by atoms with Crippen molar-refractivity contribution >= 4 is 35.9 Å². The molecule has 1 aliphatic rings. The minimum absolute atomic E-state index is 0. The molecule has 0 unspecified atom stereocenters. The molecule has 0 aliphatic heterocycles. The van der Waals surface area contributed by atoms with Gasteiger partial charge in [-0.3, -0.25) is 4.99 Å². The Morgan fingerprint density at radius 3 is 2.62 bits per heavy atom. The maximum absolute atomic E-state index is 12.7. The van der Waals surface area contributed by atoms with Crippen LogP contribution in [0.3, 0.4) is 0 Å². The lowest BCUT2D eigenvalue weighted by atomic mass is 9.67. The van der Waals surface area contributed by atoms with Crippen LogP contribution >= 0.6 is 24.0 Å². The summed E-state index contributed by atoms with van der Waals surface area (Å²) in [5, 5.41) is 9.16. The average molecular weight is 530 g/mol. The number of nitrogens with one attached hydrogen (secondary N) is 3. The zero-order valence-electron chi connectivity index (χ0n) is 16.8. The molecular weight excluding hydrogens is 500 g/mol. The second kappa shape index (κ2) is 12.4. The van der Waals surface area contributed by atoms with Crippen LogP contribution in [0.25, 0.3) is 0 Å². The molecule has 0 radical (unpaired) electrons. The molecule has 1 heterocycles. The fourth-order valence-electron chi connectivity index (χ4n) is 3.03. The molecule has 1 aromatic heterocycles. The highest BCUT2D eigenvalue weighted by atomic mass is 127. The van der Waals surface area contributed by atoms with Gasteiger partial charge in [-0.05, 0) is 37.7 Å². The van der Waals surface area contributed by atoms with E-state index in [-0.39, 0.29) is 35.3 Å². The van der Waals surface area contributed by atoms with Gasteiger partial charge in [-0.25, -0.2) is 9.97 Å². The van der Waals surface area contributed by atoms with Crippen molar-refractivity contribution in [2.75, 3.05) is 45.2 Å². The van der Waals surface area contributed by atoms with Gasteiger partial charge in [-0.2, -0.15) is 13.2 Å². The molecule has 1 fully saturated rings. The van der Waals surface area contributed by atoms with E-state index in [9.17, 15) is 13.2 Å². The van der Waals surface area contributed by atoms with Gasteiger partial charge in [0.2, 0.25) is 5.95 Å². The van der Waals surface area contributed by atoms with E-state index in [1.54, 1.807) is 7.11 Å². The quantitative estimate of drug-likeness (QED) is 0.187. The predicted molar refractivity (Wildman–Crippen MR) is 118 cm³/mol. The molecule has 166 valence electrons. The first kappa shape index (κ1) is 25.7. The second-order valence-corrected chi connectivity index (χ2v) is 6.91. The fourth-order valence-corrected chi connectivity index (χ4v) is 3.03. The van der Waals surface area contributed by atoms with Crippen molar-refractivity contribution in [3.8, 4) is 0 Å². The summed E-state index contributed by atoms with van der Waals surface area (Å²) in [6.45, 7) is 5.00. The summed E-state index contributed by atoms with van der Waals surface area (Å²) in [6.07, 6.45) is 1.16. The predicted octanol–water partition coefficient (Wildman–Crippen LogP) is 3.29. The third-order valence-electron chi connectivity index (χ3n) is 4.81. The molecule has 0 spiro atoms. The number of aromatic nitrogens is 2. The zero-order valence-corrected chi connectivity index (χ0v) is 19.1. The first-order valence-corrected chi connectivity index (χ1v) is 9.54. The minimum atomic E-state index is -4.48. The van der Waals surface area contributed by atoms with Crippen LogP contribution in [0.1, 0.15) is 38.3 Å². The Labute approximate surface area is 186 Å². The third-order valence-corrected chi connectivity index (χ3v) is 4.81. The number of rotatable bonds is 10. The molecular formula is C18H30F3IN6O. The SMILES string of the molecule is CCNC(=NCC1(CCOC)CCC1)NCCNc1nccc(C(F)(F)F)n1.I. The largest absolute Gasteiger partial charge is 0.433 e. The van der Waals surface area contributed by atoms with Crippen molar-refractivity contribution in [1.29, 1.82) is 0 Å². The van der Waals surface area contributed by atoms with Gasteiger partial charge in [-0.1, -0.05) is 6.42 Å². The summed E-state index contributed by atoms with van der Waals surface area (Å²) in [6, 6.07) is 0.846. The van der Waals surface area contributed by atoms with Gasteiger partial charge in [0.15, 0.2) is 5.96 Å². The van der Waals surface area contributed by atoms with Gasteiger partial charge in [-0.15, -0.1) is 24.0 Å². The van der Waals surface area contributed by atoms with E-state index in [1.807, 2.05) is 6.92 Å². The Morgan fingerprint density at radius 1 is 1.28 bits per heavy atom. The van der Waals surface area contributed by atoms with E-state index in [2.05, 4.69) is 30.9 Å². The number of ether oxygens (including phenoxy) is 1. The number of aliphatic imine (C=N–C) groups is 1. The van der Waals surface area contributed by atoms with Crippen LogP contribution in [-0.4, -0.2) is 55.8 Å². The third kappa shape index (κ3) is 8.49. The topological polar surface area (TPSA) is 83.5 Å². The van der Waals surface area contributed by atoms with Crippen LogP contribution in [-0.2, 0) is 10.9 Å². The molecule has 2 rings (SSSR count). The number of methoxy groups -OCH3 is 1. The molecule has 0 bridgehead atoms. The van der Waals surface area contributed by atoms with E-state index in [1.165, 1.54) is 6.42 Å². The van der Waals surface area contributed by atoms with Crippen molar-refractivity contribution in [1.82, 2.24) is 20.6 Å². The van der Waals surface area contributed by atoms with Crippen molar-refractivity contribution < 1.29 is 17.9 Å². The Hall–Kier alpha value is -1.37. The Kier molecular flexibility index (Phi) is 10.9. The van der Waals surface area contributed by atoms with Crippen LogP contribution in [0, 0.1) is 5.41 Å². The van der Waals surface area contributed by atoms with Crippen LogP contribution in [0.15, 0.2) is 17.3 Å². The number of halogens is 4. The van der Waals surface area contributed by atoms with E-state index in [4.69, 9.17) is 4.74 Å². The summed E-state index contributed by atoms with van der Waals surface area (Å²) >= 11 is 0. The minimum Gasteiger partial charge on any atom is -0.385 e. The van der Waals surface area contributed by atoms with Gasteiger partial charge in [0.1, 0.15) is 5.69 Å². The molecule has 0 atom stereocenters. The molecule has 1 saturated carbocycles. The Morgan fingerprint density at radius 2 is 2.03 bits per heavy atom. The highest BCUT2D eigenvalue weighted by Crippen LogP contribution is 2.44. The van der Waals surface area contributed by atoms with Gasteiger partial charge < -0.3 is 20.7 Å². The van der Waals surface area contributed by atoms with Gasteiger partial charge in [0.05, 0.1) is 0 Å². The van der Waals surface area contributed by atoms with Gasteiger partial charge in [0, 0.05) is 46.1 Å². The molecule has 11 heteroatoms. The lowest BCUT2D eigenvalue weighted by molar-refractivity contribution is -0.141. The number of anilines is 1. The number of hydrogen-bond acceptors (Lipinski definition) is 5. The maximum Gasteiger partial charge on any atom is 0.433 e. The van der Waals surface area contributed by atoms with E-state index >= 15 is 0 Å². The molecule has 0 amide bonds. The van der Waals surface area contributed by atoms with Crippen molar-refractivity contribution in [2.45, 2.75) is 38.8 Å². The maximum atomic E-state index is 12.7. The Balaban J connectivity index is 0.00000420. The number of guanidine groups is 1. The summed E-state index contributed by atoms with van der Waals surface area (Å²) in [5.41, 5.74) is -0.739. The van der Waals surface area contributed by atoms with E-state index in [0.29, 0.717) is 19.0 Å². The summed E-state index contributed by atoms with van der Waals surface area (Å²) in [7, 11) is 1.71. The number of alkyl halides is 3. The molecule has 29 heavy (non-hydrogen) atoms. The summed E-state index contributed by atoms with van der Waals surface area (Å²) < 4.78 is 43.2. The van der Waals surface area contributed by atoms with Crippen LogP contribution in [0.4, 0.5) is 19.1 Å². The lowest BCUT2D eigenvalue weighted by Gasteiger charge is -2.40. The lowest BCUT2D eigenvalue weighted by Crippen LogP contribution is -2.41. The van der Waals surface area contributed by atoms with Crippen molar-refractivity contribution in [3.05, 3.63) is 18.0 Å². The molecule has 3 N–H and O–H groups in total. The smallest absolute Gasteiger partial charge is 0.385 e. The molecule has 0 saturated heterocycles. The molecule has 7 nitrogen and oxygen atoms in total. The van der Waals surface area contributed by atoms with E-state index in [0.717, 1.165) is 51.2 Å². The van der Waals surface area contributed by atoms with Gasteiger partial charge >= 0.3 is 6.18 Å². The normalized spacial score (nSPS) is 15.8. The average Bonchev–Trinajstić information content (AvgIpc) is 2.63. The molecule has 1 aromatic rings. The summed E-state index contributed by atoms with van der Waals surface area (Å²) in [5.74, 6) is 0.643. The zero-order chi connectivity index (χ0) is 20.5. The van der Waals surface area contributed by atoms with Crippen LogP contribution < -0.4 is 16.0 Å². The molecule has 1 aliphatic carbocycles. The van der Waals surface area contributed by atoms with Gasteiger partial charge in [0.25, 0.3) is 0 Å². The first-order valence-electron chi connectivity index (χ1n) is 9.54. The molecule has 0 aromatic carbocycles. The monoisotopic (exact) mass is 530 g/mol. The fraction of sp³-hybridized carbons (Fsp3) is 0.722. The highest BCUT2D eigenvalue weighted by molar-refractivity contribution is 14.0. The van der Waals surface area contributed by atoms with Crippen molar-refractivity contribution in [2.24, 2.45) is 10.4 Å². The second-order valence-electron chi connectivity index (χ2n) is 6.91. The number of hydrogen-bond donors (Lipinski definition) is 3.